The summed E-state index contributed by atoms with van der Waals surface area (Å²) in [5.74, 6) is 0. The van der Waals surface area contributed by atoms with Crippen molar-refractivity contribution < 1.29 is 19.6 Å². The molecule has 8 nitrogen and oxygen atoms in total. The van der Waals surface area contributed by atoms with Crippen molar-refractivity contribution in [3.05, 3.63) is 51.7 Å². The largest absolute Gasteiger partial charge is 0.464 e. The molecule has 3 amide bonds. The molecule has 110 valence electrons. The number of rotatable bonds is 2. The summed E-state index contributed by atoms with van der Waals surface area (Å²) in [5, 5.41) is 19.8. The Labute approximate surface area is 120 Å². The zero-order valence-electron chi connectivity index (χ0n) is 11.4. The summed E-state index contributed by atoms with van der Waals surface area (Å²) in [6.07, 6.45) is 0.215. The molecule has 0 radical (unpaired) electrons. The molecular weight excluding hydrogens is 278 g/mol. The number of carbonyl (C=O) groups is 2. The third-order valence-corrected chi connectivity index (χ3v) is 3.28. The molecule has 1 heterocycles. The van der Waals surface area contributed by atoms with E-state index in [1.807, 2.05) is 0 Å². The number of urea groups is 1. The highest BCUT2D eigenvalue weighted by Gasteiger charge is 2.34. The van der Waals surface area contributed by atoms with Crippen molar-refractivity contribution >= 4 is 17.8 Å². The number of nitro benzene ring substituents is 1. The van der Waals surface area contributed by atoms with Crippen LogP contribution < -0.4 is 0 Å². The first-order chi connectivity index (χ1) is 9.82. The van der Waals surface area contributed by atoms with Crippen LogP contribution in [0.3, 0.4) is 0 Å². The molecule has 8 heteroatoms. The summed E-state index contributed by atoms with van der Waals surface area (Å²) < 4.78 is 0. The average molecular weight is 291 g/mol. The Kier molecular flexibility index (Phi) is 3.62. The predicted molar refractivity (Wildman–Crippen MR) is 72.6 cm³/mol. The molecule has 0 bridgehead atoms. The fraction of sp³-hybridized carbons (Fsp3) is 0.231. The van der Waals surface area contributed by atoms with Gasteiger partial charge < -0.3 is 10.0 Å². The minimum Gasteiger partial charge on any atom is -0.464 e. The van der Waals surface area contributed by atoms with Crippen molar-refractivity contribution in [2.75, 3.05) is 7.05 Å². The summed E-state index contributed by atoms with van der Waals surface area (Å²) in [6.45, 7) is 1.50. The van der Waals surface area contributed by atoms with E-state index in [0.29, 0.717) is 10.5 Å². The van der Waals surface area contributed by atoms with Gasteiger partial charge in [0.25, 0.3) is 5.69 Å². The Hall–Kier alpha value is -2.90. The van der Waals surface area contributed by atoms with Crippen molar-refractivity contribution in [2.45, 2.75) is 13.0 Å². The quantitative estimate of drug-likeness (QED) is 0.666. The minimum absolute atomic E-state index is 0.0833. The van der Waals surface area contributed by atoms with Gasteiger partial charge in [-0.2, -0.15) is 0 Å². The topological polar surface area (TPSA) is 104 Å². The van der Waals surface area contributed by atoms with Crippen LogP contribution in [0.15, 0.2) is 36.0 Å². The molecule has 0 saturated carbocycles. The maximum atomic E-state index is 12.1. The predicted octanol–water partition coefficient (Wildman–Crippen LogP) is 2.59. The number of carboxylic acid groups (broad SMARTS) is 1. The van der Waals surface area contributed by atoms with Crippen molar-refractivity contribution in [3.8, 4) is 0 Å². The molecule has 1 aromatic carbocycles. The van der Waals surface area contributed by atoms with Crippen LogP contribution >= 0.6 is 0 Å². The molecule has 1 aliphatic heterocycles. The first-order valence-electron chi connectivity index (χ1n) is 6.05. The van der Waals surface area contributed by atoms with Crippen LogP contribution in [0.4, 0.5) is 15.3 Å². The van der Waals surface area contributed by atoms with Gasteiger partial charge in [-0.15, -0.1) is 0 Å². The Bertz CT molecular complexity index is 655. The van der Waals surface area contributed by atoms with E-state index in [4.69, 9.17) is 5.11 Å². The zero-order chi connectivity index (χ0) is 15.7. The smallest absolute Gasteiger partial charge is 0.419 e. The lowest BCUT2D eigenvalue weighted by Gasteiger charge is -2.35. The van der Waals surface area contributed by atoms with Crippen LogP contribution in [0, 0.1) is 10.1 Å². The molecule has 1 atom stereocenters. The summed E-state index contributed by atoms with van der Waals surface area (Å²) in [4.78, 5) is 35.3. The first kappa shape index (κ1) is 14.5. The Morgan fingerprint density at radius 1 is 1.43 bits per heavy atom. The van der Waals surface area contributed by atoms with E-state index in [2.05, 4.69) is 0 Å². The number of non-ortho nitro benzene ring substituents is 1. The fourth-order valence-electron chi connectivity index (χ4n) is 2.22. The third-order valence-electron chi connectivity index (χ3n) is 3.28. The normalized spacial score (nSPS) is 18.5. The zero-order valence-corrected chi connectivity index (χ0v) is 11.4. The highest BCUT2D eigenvalue weighted by atomic mass is 16.6. The van der Waals surface area contributed by atoms with Crippen LogP contribution in [0.2, 0.25) is 0 Å². The Morgan fingerprint density at radius 3 is 2.67 bits per heavy atom. The Balaban J connectivity index is 2.45. The molecule has 1 N–H and O–H groups in total. The summed E-state index contributed by atoms with van der Waals surface area (Å²) in [6, 6.07) is 4.66. The lowest BCUT2D eigenvalue weighted by Crippen LogP contribution is -2.47. The van der Waals surface area contributed by atoms with E-state index in [0.717, 1.165) is 0 Å². The van der Waals surface area contributed by atoms with E-state index < -0.39 is 23.1 Å². The SMILES string of the molecule is CC1=CC(c2cccc([N+](=O)[O-])c2)N(C)C(=O)N1C(=O)O. The third kappa shape index (κ3) is 2.55. The van der Waals surface area contributed by atoms with Crippen LogP contribution in [0.5, 0.6) is 0 Å². The van der Waals surface area contributed by atoms with Gasteiger partial charge in [0.15, 0.2) is 0 Å². The maximum Gasteiger partial charge on any atom is 0.419 e. The standard InChI is InChI=1S/C13H13N3O5/c1-8-6-11(14(2)12(17)15(8)13(18)19)9-4-3-5-10(7-9)16(20)21/h3-7,11H,1-2H3,(H,18,19). The van der Waals surface area contributed by atoms with Crippen LogP contribution in [-0.2, 0) is 0 Å². The van der Waals surface area contributed by atoms with E-state index in [-0.39, 0.29) is 11.4 Å². The number of benzene rings is 1. The van der Waals surface area contributed by atoms with Gasteiger partial charge in [0, 0.05) is 24.9 Å². The second kappa shape index (κ2) is 5.23. The Morgan fingerprint density at radius 2 is 2.10 bits per heavy atom. The van der Waals surface area contributed by atoms with Crippen molar-refractivity contribution in [1.82, 2.24) is 9.80 Å². The number of amides is 3. The van der Waals surface area contributed by atoms with E-state index in [1.165, 1.54) is 37.1 Å². The molecule has 0 aromatic heterocycles. The monoisotopic (exact) mass is 291 g/mol. The van der Waals surface area contributed by atoms with Gasteiger partial charge >= 0.3 is 12.1 Å². The summed E-state index contributed by atoms with van der Waals surface area (Å²) >= 11 is 0. The highest BCUT2D eigenvalue weighted by Crippen LogP contribution is 2.31. The van der Waals surface area contributed by atoms with Gasteiger partial charge in [0.1, 0.15) is 0 Å². The lowest BCUT2D eigenvalue weighted by atomic mass is 10.0. The molecular formula is C13H13N3O5. The molecule has 0 aliphatic carbocycles. The van der Waals surface area contributed by atoms with E-state index >= 15 is 0 Å². The molecule has 21 heavy (non-hydrogen) atoms. The molecule has 2 rings (SSSR count). The van der Waals surface area contributed by atoms with Crippen molar-refractivity contribution in [3.63, 3.8) is 0 Å². The van der Waals surface area contributed by atoms with Crippen LogP contribution in [0.1, 0.15) is 18.5 Å². The number of hydrogen-bond acceptors (Lipinski definition) is 4. The number of imide groups is 1. The van der Waals surface area contributed by atoms with Gasteiger partial charge in [0.05, 0.1) is 11.0 Å². The second-order valence-electron chi connectivity index (χ2n) is 4.62. The highest BCUT2D eigenvalue weighted by molar-refractivity contribution is 5.93. The van der Waals surface area contributed by atoms with Gasteiger partial charge in [-0.1, -0.05) is 12.1 Å². The lowest BCUT2D eigenvalue weighted by molar-refractivity contribution is -0.384. The molecule has 1 aliphatic rings. The fourth-order valence-corrected chi connectivity index (χ4v) is 2.22. The second-order valence-corrected chi connectivity index (χ2v) is 4.62. The summed E-state index contributed by atoms with van der Waals surface area (Å²) in [7, 11) is 1.45. The van der Waals surface area contributed by atoms with Crippen molar-refractivity contribution in [2.24, 2.45) is 0 Å². The van der Waals surface area contributed by atoms with E-state index in [1.54, 1.807) is 12.1 Å². The number of nitro groups is 1. The summed E-state index contributed by atoms with van der Waals surface area (Å²) in [5.41, 5.74) is 0.728. The van der Waals surface area contributed by atoms with Gasteiger partial charge in [-0.05, 0) is 18.6 Å². The molecule has 0 fully saturated rings. The van der Waals surface area contributed by atoms with Crippen LogP contribution in [0.25, 0.3) is 0 Å². The number of likely N-dealkylation sites (N-methyl/N-ethyl adjacent to an activating group) is 1. The molecule has 0 saturated heterocycles. The maximum absolute atomic E-state index is 12.1. The number of allylic oxidation sites excluding steroid dienone is 1. The molecule has 1 aromatic rings. The van der Waals surface area contributed by atoms with Gasteiger partial charge in [0.2, 0.25) is 0 Å². The minimum atomic E-state index is -1.36. The van der Waals surface area contributed by atoms with Crippen LogP contribution in [-0.4, -0.2) is 39.0 Å². The van der Waals surface area contributed by atoms with E-state index in [9.17, 15) is 19.7 Å². The number of hydrogen-bond donors (Lipinski definition) is 1. The average Bonchev–Trinajstić information content (AvgIpc) is 2.42. The van der Waals surface area contributed by atoms with Gasteiger partial charge in [-0.25, -0.2) is 14.5 Å². The van der Waals surface area contributed by atoms with Gasteiger partial charge in [-0.3, -0.25) is 10.1 Å². The number of nitrogens with zero attached hydrogens (tertiary/aromatic N) is 3. The van der Waals surface area contributed by atoms with Crippen molar-refractivity contribution in [1.29, 1.82) is 0 Å². The first-order valence-corrected chi connectivity index (χ1v) is 6.05. The molecule has 1 unspecified atom stereocenters. The molecule has 0 spiro atoms. The number of carbonyl (C=O) groups excluding carboxylic acids is 1.